The zero-order chi connectivity index (χ0) is 17.7. The summed E-state index contributed by atoms with van der Waals surface area (Å²) in [7, 11) is 0. The normalized spacial score (nSPS) is 15.6. The van der Waals surface area contributed by atoms with E-state index in [9.17, 15) is 9.59 Å². The summed E-state index contributed by atoms with van der Waals surface area (Å²) >= 11 is 0. The first-order valence-electron chi connectivity index (χ1n) is 8.46. The fraction of sp³-hybridized carbons (Fsp3) is 0.389. The second-order valence-corrected chi connectivity index (χ2v) is 6.29. The van der Waals surface area contributed by atoms with E-state index >= 15 is 0 Å². The molecule has 0 bridgehead atoms. The van der Waals surface area contributed by atoms with Crippen LogP contribution in [0.25, 0.3) is 0 Å². The SMILES string of the molecule is CC(=O)Nc1ccc(CNC(=O)C2(n3cccn3)CCNCC2)cc1.Cl. The number of halogens is 1. The van der Waals surface area contributed by atoms with E-state index in [1.165, 1.54) is 6.92 Å². The second-order valence-electron chi connectivity index (χ2n) is 6.29. The maximum Gasteiger partial charge on any atom is 0.248 e. The molecule has 1 aromatic heterocycles. The van der Waals surface area contributed by atoms with Gasteiger partial charge in [-0.1, -0.05) is 12.1 Å². The minimum absolute atomic E-state index is 0. The molecule has 0 aliphatic carbocycles. The van der Waals surface area contributed by atoms with Crippen LogP contribution in [-0.4, -0.2) is 34.7 Å². The van der Waals surface area contributed by atoms with Crippen molar-refractivity contribution in [1.29, 1.82) is 0 Å². The molecule has 1 fully saturated rings. The summed E-state index contributed by atoms with van der Waals surface area (Å²) in [5.74, 6) is -0.114. The standard InChI is InChI=1S/C18H23N5O2.ClH/c1-14(24)22-16-5-3-15(4-6-16)13-20-17(25)18(7-10-19-11-8-18)23-12-2-9-21-23;/h2-6,9,12,19H,7-8,10-11,13H2,1H3,(H,20,25)(H,22,24);1H. The van der Waals surface area contributed by atoms with Crippen molar-refractivity contribution in [2.24, 2.45) is 0 Å². The van der Waals surface area contributed by atoms with Gasteiger partial charge in [0.25, 0.3) is 0 Å². The minimum Gasteiger partial charge on any atom is -0.350 e. The number of amides is 2. The molecule has 3 rings (SSSR count). The molecule has 8 heteroatoms. The molecule has 26 heavy (non-hydrogen) atoms. The minimum atomic E-state index is -0.634. The maximum absolute atomic E-state index is 12.9. The summed E-state index contributed by atoms with van der Waals surface area (Å²) in [6.45, 7) is 3.49. The molecule has 3 N–H and O–H groups in total. The largest absolute Gasteiger partial charge is 0.350 e. The van der Waals surface area contributed by atoms with Gasteiger partial charge in [0.15, 0.2) is 0 Å². The summed E-state index contributed by atoms with van der Waals surface area (Å²) in [6, 6.07) is 9.30. The van der Waals surface area contributed by atoms with E-state index in [4.69, 9.17) is 0 Å². The monoisotopic (exact) mass is 377 g/mol. The van der Waals surface area contributed by atoms with E-state index in [1.807, 2.05) is 36.5 Å². The van der Waals surface area contributed by atoms with Crippen LogP contribution in [0.3, 0.4) is 0 Å². The summed E-state index contributed by atoms with van der Waals surface area (Å²) in [5.41, 5.74) is 1.09. The summed E-state index contributed by atoms with van der Waals surface area (Å²) in [5, 5.41) is 13.4. The number of rotatable bonds is 5. The fourth-order valence-electron chi connectivity index (χ4n) is 3.18. The van der Waals surface area contributed by atoms with E-state index in [-0.39, 0.29) is 24.2 Å². The average Bonchev–Trinajstić information content (AvgIpc) is 3.16. The third-order valence-corrected chi connectivity index (χ3v) is 4.52. The van der Waals surface area contributed by atoms with Crippen LogP contribution in [0.4, 0.5) is 5.69 Å². The van der Waals surface area contributed by atoms with Gasteiger partial charge >= 0.3 is 0 Å². The highest BCUT2D eigenvalue weighted by Gasteiger charge is 2.41. The Bertz CT molecular complexity index is 725. The first kappa shape index (κ1) is 19.9. The van der Waals surface area contributed by atoms with Crippen LogP contribution in [0.15, 0.2) is 42.7 Å². The Kier molecular flexibility index (Phi) is 6.76. The Morgan fingerprint density at radius 3 is 2.50 bits per heavy atom. The average molecular weight is 378 g/mol. The van der Waals surface area contributed by atoms with Gasteiger partial charge in [-0.3, -0.25) is 14.3 Å². The van der Waals surface area contributed by atoms with Crippen molar-refractivity contribution in [2.75, 3.05) is 18.4 Å². The van der Waals surface area contributed by atoms with Crippen LogP contribution in [0.5, 0.6) is 0 Å². The number of piperidine rings is 1. The van der Waals surface area contributed by atoms with Gasteiger partial charge in [-0.2, -0.15) is 5.10 Å². The number of carbonyl (C=O) groups is 2. The predicted octanol–water partition coefficient (Wildman–Crippen LogP) is 1.66. The van der Waals surface area contributed by atoms with Gasteiger partial charge < -0.3 is 16.0 Å². The van der Waals surface area contributed by atoms with Gasteiger partial charge in [-0.25, -0.2) is 0 Å². The third-order valence-electron chi connectivity index (χ3n) is 4.52. The highest BCUT2D eigenvalue weighted by molar-refractivity contribution is 5.88. The van der Waals surface area contributed by atoms with Gasteiger partial charge in [0, 0.05) is 31.5 Å². The van der Waals surface area contributed by atoms with Crippen molar-refractivity contribution < 1.29 is 9.59 Å². The molecule has 0 saturated carbocycles. The number of hydrogen-bond donors (Lipinski definition) is 3. The summed E-state index contributed by atoms with van der Waals surface area (Å²) < 4.78 is 1.78. The Hall–Kier alpha value is -2.38. The van der Waals surface area contributed by atoms with Crippen molar-refractivity contribution in [3.63, 3.8) is 0 Å². The lowest BCUT2D eigenvalue weighted by Crippen LogP contribution is -2.54. The smallest absolute Gasteiger partial charge is 0.248 e. The number of anilines is 1. The molecule has 0 atom stereocenters. The molecule has 0 radical (unpaired) electrons. The van der Waals surface area contributed by atoms with Crippen LogP contribution >= 0.6 is 12.4 Å². The van der Waals surface area contributed by atoms with Crippen molar-refractivity contribution in [3.8, 4) is 0 Å². The molecule has 1 aliphatic rings. The predicted molar refractivity (Wildman–Crippen MR) is 102 cm³/mol. The van der Waals surface area contributed by atoms with Crippen molar-refractivity contribution >= 4 is 29.9 Å². The lowest BCUT2D eigenvalue weighted by Gasteiger charge is -2.36. The summed E-state index contributed by atoms with van der Waals surface area (Å²) in [6.07, 6.45) is 4.98. The molecule has 0 spiro atoms. The highest BCUT2D eigenvalue weighted by Crippen LogP contribution is 2.27. The van der Waals surface area contributed by atoms with E-state index in [1.54, 1.807) is 10.9 Å². The van der Waals surface area contributed by atoms with Gasteiger partial charge in [-0.15, -0.1) is 12.4 Å². The molecule has 2 aromatic rings. The Morgan fingerprint density at radius 2 is 1.92 bits per heavy atom. The van der Waals surface area contributed by atoms with E-state index < -0.39 is 5.54 Å². The first-order chi connectivity index (χ1) is 12.1. The molecular weight excluding hydrogens is 354 g/mol. The topological polar surface area (TPSA) is 88.1 Å². The van der Waals surface area contributed by atoms with E-state index in [0.29, 0.717) is 19.4 Å². The Morgan fingerprint density at radius 1 is 1.23 bits per heavy atom. The van der Waals surface area contributed by atoms with Crippen LogP contribution in [0.1, 0.15) is 25.3 Å². The second kappa shape index (κ2) is 8.82. The maximum atomic E-state index is 12.9. The number of benzene rings is 1. The molecule has 0 unspecified atom stereocenters. The van der Waals surface area contributed by atoms with E-state index in [2.05, 4.69) is 21.0 Å². The van der Waals surface area contributed by atoms with E-state index in [0.717, 1.165) is 24.3 Å². The van der Waals surface area contributed by atoms with Crippen molar-refractivity contribution in [2.45, 2.75) is 31.8 Å². The molecule has 1 saturated heterocycles. The quantitative estimate of drug-likeness (QED) is 0.739. The molecular formula is C18H24ClN5O2. The number of nitrogens with one attached hydrogen (secondary N) is 3. The summed E-state index contributed by atoms with van der Waals surface area (Å²) in [4.78, 5) is 24.0. The Balaban J connectivity index is 0.00000243. The zero-order valence-electron chi connectivity index (χ0n) is 14.7. The van der Waals surface area contributed by atoms with Crippen molar-refractivity contribution in [3.05, 3.63) is 48.3 Å². The van der Waals surface area contributed by atoms with Crippen LogP contribution in [0, 0.1) is 0 Å². The number of hydrogen-bond acceptors (Lipinski definition) is 4. The van der Waals surface area contributed by atoms with Gasteiger partial charge in [0.2, 0.25) is 11.8 Å². The van der Waals surface area contributed by atoms with Crippen LogP contribution in [-0.2, 0) is 21.7 Å². The Labute approximate surface area is 159 Å². The number of nitrogens with zero attached hydrogens (tertiary/aromatic N) is 2. The lowest BCUT2D eigenvalue weighted by atomic mass is 9.87. The molecule has 1 aliphatic heterocycles. The first-order valence-corrected chi connectivity index (χ1v) is 8.46. The highest BCUT2D eigenvalue weighted by atomic mass is 35.5. The zero-order valence-corrected chi connectivity index (χ0v) is 15.5. The molecule has 140 valence electrons. The molecule has 1 aromatic carbocycles. The van der Waals surface area contributed by atoms with Crippen LogP contribution in [0.2, 0.25) is 0 Å². The molecule has 2 heterocycles. The van der Waals surface area contributed by atoms with Gasteiger partial charge in [0.1, 0.15) is 5.54 Å². The molecule has 2 amide bonds. The lowest BCUT2D eigenvalue weighted by molar-refractivity contribution is -0.132. The van der Waals surface area contributed by atoms with Crippen molar-refractivity contribution in [1.82, 2.24) is 20.4 Å². The van der Waals surface area contributed by atoms with Crippen LogP contribution < -0.4 is 16.0 Å². The van der Waals surface area contributed by atoms with Gasteiger partial charge in [0.05, 0.1) is 0 Å². The number of carbonyl (C=O) groups excluding carboxylic acids is 2. The number of aromatic nitrogens is 2. The fourth-order valence-corrected chi connectivity index (χ4v) is 3.18. The molecule has 7 nitrogen and oxygen atoms in total. The van der Waals surface area contributed by atoms with Gasteiger partial charge in [-0.05, 0) is 49.7 Å². The third kappa shape index (κ3) is 4.42.